The van der Waals surface area contributed by atoms with Crippen LogP contribution in [0.3, 0.4) is 0 Å². The first-order valence-electron chi connectivity index (χ1n) is 12.6. The quantitative estimate of drug-likeness (QED) is 0.236. The summed E-state index contributed by atoms with van der Waals surface area (Å²) in [5, 5.41) is 51.4. The molecule has 0 aromatic heterocycles. The van der Waals surface area contributed by atoms with Crippen molar-refractivity contribution in [2.45, 2.75) is 12.2 Å². The van der Waals surface area contributed by atoms with Gasteiger partial charge >= 0.3 is 0 Å². The first-order chi connectivity index (χ1) is 19.7. The van der Waals surface area contributed by atoms with E-state index in [0.29, 0.717) is 16.9 Å². The number of ether oxygens (including phenoxy) is 3. The largest absolute Gasteiger partial charge is 0.508 e. The lowest BCUT2D eigenvalue weighted by molar-refractivity contribution is 0.0129. The Balaban J connectivity index is 1.58. The molecule has 0 radical (unpaired) electrons. The second kappa shape index (κ2) is 9.67. The predicted octanol–water partition coefficient (Wildman–Crippen LogP) is 4.79. The number of aromatic hydroxyl groups is 5. The minimum absolute atomic E-state index is 0.0324. The summed E-state index contributed by atoms with van der Waals surface area (Å²) in [5.74, 6) is -5.23. The van der Waals surface area contributed by atoms with Crippen molar-refractivity contribution in [3.63, 3.8) is 0 Å². The Bertz CT molecular complexity index is 1680. The average Bonchev–Trinajstić information content (AvgIpc) is 2.93. The Labute approximate surface area is 233 Å². The zero-order valence-corrected chi connectivity index (χ0v) is 21.5. The second-order valence-electron chi connectivity index (χ2n) is 9.90. The molecule has 0 saturated carbocycles. The van der Waals surface area contributed by atoms with Crippen molar-refractivity contribution in [3.8, 4) is 46.0 Å². The van der Waals surface area contributed by atoms with Crippen LogP contribution in [0.25, 0.3) is 0 Å². The van der Waals surface area contributed by atoms with Gasteiger partial charge in [-0.25, -0.2) is 0 Å². The number of carbonyl (C=O) groups is 2. The highest BCUT2D eigenvalue weighted by atomic mass is 16.5. The van der Waals surface area contributed by atoms with Gasteiger partial charge in [0.1, 0.15) is 69.3 Å². The molecule has 0 fully saturated rings. The SMILES string of the molecule is COc1ccc([C@H]2Oc3cc(O)cc(O)c3C(=O)[C@H]2[C@H]2C(=O)c3c(O)cc(O)cc3O[C@H]2c2ccc(O)cc2)cc1. The average molecular weight is 557 g/mol. The van der Waals surface area contributed by atoms with Crippen molar-refractivity contribution >= 4 is 11.6 Å². The molecule has 4 aromatic rings. The highest BCUT2D eigenvalue weighted by molar-refractivity contribution is 6.11. The summed E-state index contributed by atoms with van der Waals surface area (Å²) < 4.78 is 17.7. The van der Waals surface area contributed by atoms with Gasteiger partial charge in [-0.2, -0.15) is 0 Å². The molecule has 6 rings (SSSR count). The van der Waals surface area contributed by atoms with Crippen LogP contribution in [0.2, 0.25) is 0 Å². The molecule has 2 aliphatic heterocycles. The lowest BCUT2D eigenvalue weighted by atomic mass is 9.69. The van der Waals surface area contributed by atoms with Crippen LogP contribution < -0.4 is 14.2 Å². The lowest BCUT2D eigenvalue weighted by Gasteiger charge is -2.42. The summed E-state index contributed by atoms with van der Waals surface area (Å²) in [6.07, 6.45) is -2.23. The summed E-state index contributed by atoms with van der Waals surface area (Å²) in [4.78, 5) is 28.6. The van der Waals surface area contributed by atoms with E-state index in [0.717, 1.165) is 12.1 Å². The van der Waals surface area contributed by atoms with E-state index in [-0.39, 0.29) is 39.9 Å². The molecule has 2 aliphatic rings. The third-order valence-electron chi connectivity index (χ3n) is 7.44. The van der Waals surface area contributed by atoms with Crippen molar-refractivity contribution < 1.29 is 49.3 Å². The summed E-state index contributed by atoms with van der Waals surface area (Å²) in [6.45, 7) is 0. The summed E-state index contributed by atoms with van der Waals surface area (Å²) in [5.41, 5.74) is 0.493. The maximum Gasteiger partial charge on any atom is 0.178 e. The fourth-order valence-electron chi connectivity index (χ4n) is 5.59. The Morgan fingerprint density at radius 2 is 1.00 bits per heavy atom. The molecule has 10 heteroatoms. The van der Waals surface area contributed by atoms with Crippen LogP contribution in [-0.4, -0.2) is 44.2 Å². The first kappa shape index (κ1) is 25.9. The van der Waals surface area contributed by atoms with Crippen molar-refractivity contribution in [2.75, 3.05) is 7.11 Å². The van der Waals surface area contributed by atoms with Crippen LogP contribution >= 0.6 is 0 Å². The summed E-state index contributed by atoms with van der Waals surface area (Å²) in [6, 6.07) is 17.0. The van der Waals surface area contributed by atoms with Crippen molar-refractivity contribution in [1.29, 1.82) is 0 Å². The normalized spacial score (nSPS) is 21.3. The van der Waals surface area contributed by atoms with Gasteiger partial charge in [0.25, 0.3) is 0 Å². The van der Waals surface area contributed by atoms with Gasteiger partial charge in [-0.3, -0.25) is 9.59 Å². The van der Waals surface area contributed by atoms with Gasteiger partial charge in [0.15, 0.2) is 11.6 Å². The molecule has 0 aliphatic carbocycles. The number of phenols is 5. The van der Waals surface area contributed by atoms with Gasteiger partial charge in [0, 0.05) is 24.3 Å². The van der Waals surface area contributed by atoms with Gasteiger partial charge in [-0.05, 0) is 35.4 Å². The molecule has 0 spiro atoms. The Morgan fingerprint density at radius 1 is 0.585 bits per heavy atom. The molecule has 5 N–H and O–H groups in total. The number of carbonyl (C=O) groups excluding carboxylic acids is 2. The minimum Gasteiger partial charge on any atom is -0.508 e. The van der Waals surface area contributed by atoms with E-state index in [2.05, 4.69) is 0 Å². The van der Waals surface area contributed by atoms with E-state index in [1.807, 2.05) is 0 Å². The highest BCUT2D eigenvalue weighted by Gasteiger charge is 2.53. The van der Waals surface area contributed by atoms with E-state index < -0.39 is 47.1 Å². The number of benzene rings is 4. The number of hydrogen-bond donors (Lipinski definition) is 5. The maximum absolute atomic E-state index is 14.3. The Hall–Kier alpha value is -5.38. The van der Waals surface area contributed by atoms with Crippen LogP contribution in [0, 0.1) is 11.8 Å². The molecule has 0 unspecified atom stereocenters. The van der Waals surface area contributed by atoms with Crippen LogP contribution in [0.15, 0.2) is 72.8 Å². The van der Waals surface area contributed by atoms with Crippen LogP contribution in [-0.2, 0) is 0 Å². The summed E-state index contributed by atoms with van der Waals surface area (Å²) >= 11 is 0. The van der Waals surface area contributed by atoms with Crippen LogP contribution in [0.5, 0.6) is 46.0 Å². The van der Waals surface area contributed by atoms with Gasteiger partial charge in [-0.15, -0.1) is 0 Å². The molecule has 41 heavy (non-hydrogen) atoms. The van der Waals surface area contributed by atoms with Gasteiger partial charge in [0.2, 0.25) is 0 Å². The smallest absolute Gasteiger partial charge is 0.178 e. The van der Waals surface area contributed by atoms with Crippen molar-refractivity contribution in [1.82, 2.24) is 0 Å². The number of fused-ring (bicyclic) bond motifs is 2. The molecule has 0 saturated heterocycles. The number of Topliss-reactive ketones (excluding diaryl/α,β-unsaturated/α-hetero) is 2. The first-order valence-corrected chi connectivity index (χ1v) is 12.6. The van der Waals surface area contributed by atoms with Crippen molar-refractivity contribution in [2.24, 2.45) is 11.8 Å². The van der Waals surface area contributed by atoms with Crippen LogP contribution in [0.4, 0.5) is 0 Å². The summed E-state index contributed by atoms with van der Waals surface area (Å²) in [7, 11) is 1.50. The lowest BCUT2D eigenvalue weighted by Crippen LogP contribution is -2.45. The predicted molar refractivity (Wildman–Crippen MR) is 143 cm³/mol. The standard InChI is InChI=1S/C31H24O10/c1-39-19-8-4-15(5-9-19)31-27(29(38)25-21(36)11-18(34)13-23(25)41-31)26-28(37)24-20(35)10-17(33)12-22(24)40-30(26)14-2-6-16(32)7-3-14/h2-13,26-27,30-36H,1H3/t26-,27+,30-,31+/m0/s1. The number of hydrogen-bond acceptors (Lipinski definition) is 10. The molecule has 4 atom stereocenters. The number of rotatable bonds is 4. The molecule has 10 nitrogen and oxygen atoms in total. The van der Waals surface area contributed by atoms with E-state index in [1.165, 1.54) is 43.5 Å². The van der Waals surface area contributed by atoms with E-state index >= 15 is 0 Å². The fraction of sp³-hybridized carbons (Fsp3) is 0.161. The van der Waals surface area contributed by atoms with E-state index in [9.17, 15) is 35.1 Å². The van der Waals surface area contributed by atoms with Gasteiger partial charge in [0.05, 0.1) is 18.9 Å². The molecule has 0 bridgehead atoms. The second-order valence-corrected chi connectivity index (χ2v) is 9.90. The number of methoxy groups -OCH3 is 1. The zero-order valence-electron chi connectivity index (χ0n) is 21.5. The van der Waals surface area contributed by atoms with E-state index in [1.54, 1.807) is 24.3 Å². The minimum atomic E-state index is -1.30. The number of phenolic OH excluding ortho intramolecular Hbond substituents is 5. The third kappa shape index (κ3) is 4.29. The molecule has 2 heterocycles. The van der Waals surface area contributed by atoms with Gasteiger partial charge in [-0.1, -0.05) is 24.3 Å². The Kier molecular flexibility index (Phi) is 6.10. The molecule has 4 aromatic carbocycles. The van der Waals surface area contributed by atoms with Crippen molar-refractivity contribution in [3.05, 3.63) is 95.1 Å². The third-order valence-corrected chi connectivity index (χ3v) is 7.44. The van der Waals surface area contributed by atoms with Crippen LogP contribution in [0.1, 0.15) is 44.1 Å². The zero-order chi connectivity index (χ0) is 29.0. The maximum atomic E-state index is 14.3. The Morgan fingerprint density at radius 3 is 1.41 bits per heavy atom. The monoisotopic (exact) mass is 556 g/mol. The highest BCUT2D eigenvalue weighted by Crippen LogP contribution is 2.53. The van der Waals surface area contributed by atoms with E-state index in [4.69, 9.17) is 14.2 Å². The molecule has 0 amide bonds. The molecular weight excluding hydrogens is 532 g/mol. The fourth-order valence-corrected chi connectivity index (χ4v) is 5.59. The molecular formula is C31H24O10. The topological polar surface area (TPSA) is 163 Å². The number of ketones is 2. The van der Waals surface area contributed by atoms with Gasteiger partial charge < -0.3 is 39.7 Å². The molecule has 208 valence electrons.